The predicted octanol–water partition coefficient (Wildman–Crippen LogP) is 3.70. The van der Waals surface area contributed by atoms with Gasteiger partial charge in [0.15, 0.2) is 0 Å². The summed E-state index contributed by atoms with van der Waals surface area (Å²) in [7, 11) is 0. The van der Waals surface area contributed by atoms with Crippen LogP contribution in [0.5, 0.6) is 0 Å². The van der Waals surface area contributed by atoms with E-state index in [1.54, 1.807) is 11.3 Å². The molecule has 1 aliphatic carbocycles. The van der Waals surface area contributed by atoms with E-state index in [0.29, 0.717) is 6.04 Å². The van der Waals surface area contributed by atoms with Gasteiger partial charge in [-0.2, -0.15) is 0 Å². The Labute approximate surface area is 125 Å². The second-order valence-corrected chi connectivity index (χ2v) is 7.23. The van der Waals surface area contributed by atoms with Crippen LogP contribution in [-0.2, 0) is 0 Å². The van der Waals surface area contributed by atoms with Crippen LogP contribution in [0.15, 0.2) is 0 Å². The molecule has 0 bridgehead atoms. The summed E-state index contributed by atoms with van der Waals surface area (Å²) in [6.45, 7) is 8.27. The normalized spacial score (nSPS) is 24.2. The van der Waals surface area contributed by atoms with E-state index in [1.165, 1.54) is 12.8 Å². The van der Waals surface area contributed by atoms with Crippen molar-refractivity contribution in [1.82, 2.24) is 15.6 Å². The minimum absolute atomic E-state index is 0.0159. The number of carbonyl (C=O) groups excluding carboxylic acids is 1. The van der Waals surface area contributed by atoms with Gasteiger partial charge in [0.25, 0.3) is 0 Å². The van der Waals surface area contributed by atoms with Gasteiger partial charge in [0.1, 0.15) is 0 Å². The average Bonchev–Trinajstić information content (AvgIpc) is 2.68. The lowest BCUT2D eigenvalue weighted by Crippen LogP contribution is -2.44. The van der Waals surface area contributed by atoms with Crippen LogP contribution in [0, 0.1) is 19.8 Å². The Morgan fingerprint density at radius 3 is 2.75 bits per heavy atom. The molecule has 2 rings (SSSR count). The Morgan fingerprint density at radius 1 is 1.40 bits per heavy atom. The SMILES string of the molecule is Cc1nc(C)c([C@H](C)NC(=O)N[C@H]2CCC[C@H](C)C2)s1. The van der Waals surface area contributed by atoms with Crippen LogP contribution in [0.2, 0.25) is 0 Å². The third-order valence-electron chi connectivity index (χ3n) is 3.95. The van der Waals surface area contributed by atoms with Gasteiger partial charge < -0.3 is 10.6 Å². The molecule has 1 saturated carbocycles. The first-order valence-electron chi connectivity index (χ1n) is 7.46. The molecular formula is C15H25N3OS. The van der Waals surface area contributed by atoms with E-state index in [4.69, 9.17) is 0 Å². The number of thiazole rings is 1. The van der Waals surface area contributed by atoms with Crippen LogP contribution in [0.4, 0.5) is 4.79 Å². The predicted molar refractivity (Wildman–Crippen MR) is 83.1 cm³/mol. The molecular weight excluding hydrogens is 270 g/mol. The summed E-state index contributed by atoms with van der Waals surface area (Å²) in [4.78, 5) is 17.6. The number of hydrogen-bond acceptors (Lipinski definition) is 3. The highest BCUT2D eigenvalue weighted by molar-refractivity contribution is 7.11. The van der Waals surface area contributed by atoms with Gasteiger partial charge in [0.2, 0.25) is 0 Å². The first kappa shape index (κ1) is 15.3. The fraction of sp³-hybridized carbons (Fsp3) is 0.733. The molecule has 1 heterocycles. The number of hydrogen-bond donors (Lipinski definition) is 2. The van der Waals surface area contributed by atoms with Gasteiger partial charge in [0, 0.05) is 10.9 Å². The molecule has 2 amide bonds. The average molecular weight is 295 g/mol. The highest BCUT2D eigenvalue weighted by Crippen LogP contribution is 2.25. The van der Waals surface area contributed by atoms with Gasteiger partial charge in [-0.15, -0.1) is 11.3 Å². The van der Waals surface area contributed by atoms with Gasteiger partial charge in [-0.3, -0.25) is 0 Å². The summed E-state index contributed by atoms with van der Waals surface area (Å²) in [6.07, 6.45) is 4.70. The molecule has 0 aromatic carbocycles. The largest absolute Gasteiger partial charge is 0.335 e. The number of nitrogens with one attached hydrogen (secondary N) is 2. The molecule has 3 atom stereocenters. The Kier molecular flexibility index (Phi) is 5.02. The molecule has 0 saturated heterocycles. The van der Waals surface area contributed by atoms with Crippen molar-refractivity contribution in [2.24, 2.45) is 5.92 Å². The molecule has 112 valence electrons. The molecule has 1 aromatic heterocycles. The number of amides is 2. The maximum absolute atomic E-state index is 12.1. The van der Waals surface area contributed by atoms with Crippen molar-refractivity contribution in [3.05, 3.63) is 15.6 Å². The zero-order valence-electron chi connectivity index (χ0n) is 12.8. The van der Waals surface area contributed by atoms with E-state index >= 15 is 0 Å². The molecule has 0 unspecified atom stereocenters. The van der Waals surface area contributed by atoms with Crippen molar-refractivity contribution in [3.8, 4) is 0 Å². The fourth-order valence-corrected chi connectivity index (χ4v) is 3.93. The third kappa shape index (κ3) is 3.95. The zero-order valence-corrected chi connectivity index (χ0v) is 13.6. The van der Waals surface area contributed by atoms with Crippen LogP contribution >= 0.6 is 11.3 Å². The molecule has 0 spiro atoms. The highest BCUT2D eigenvalue weighted by atomic mass is 32.1. The van der Waals surface area contributed by atoms with E-state index in [0.717, 1.165) is 34.3 Å². The van der Waals surface area contributed by atoms with E-state index in [-0.39, 0.29) is 12.1 Å². The number of urea groups is 1. The lowest BCUT2D eigenvalue weighted by molar-refractivity contribution is 0.225. The quantitative estimate of drug-likeness (QED) is 0.893. The maximum atomic E-state index is 12.1. The molecule has 1 aromatic rings. The molecule has 1 aliphatic rings. The summed E-state index contributed by atoms with van der Waals surface area (Å²) in [5.74, 6) is 0.720. The minimum atomic E-state index is -0.0537. The van der Waals surface area contributed by atoms with Crippen molar-refractivity contribution in [2.75, 3.05) is 0 Å². The van der Waals surface area contributed by atoms with Gasteiger partial charge in [-0.05, 0) is 39.5 Å². The summed E-state index contributed by atoms with van der Waals surface area (Å²) in [5, 5.41) is 7.19. The Hall–Kier alpha value is -1.10. The van der Waals surface area contributed by atoms with Gasteiger partial charge in [-0.1, -0.05) is 19.8 Å². The van der Waals surface area contributed by atoms with Gasteiger partial charge in [0.05, 0.1) is 16.7 Å². The number of carbonyl (C=O) groups is 1. The molecule has 0 radical (unpaired) electrons. The minimum Gasteiger partial charge on any atom is -0.335 e. The summed E-state index contributed by atoms with van der Waals surface area (Å²) in [5.41, 5.74) is 1.02. The van der Waals surface area contributed by atoms with Crippen molar-refractivity contribution < 1.29 is 4.79 Å². The molecule has 1 fully saturated rings. The van der Waals surface area contributed by atoms with Crippen molar-refractivity contribution in [1.29, 1.82) is 0 Å². The van der Waals surface area contributed by atoms with Crippen molar-refractivity contribution in [3.63, 3.8) is 0 Å². The molecule has 5 heteroatoms. The van der Waals surface area contributed by atoms with Crippen LogP contribution in [0.3, 0.4) is 0 Å². The van der Waals surface area contributed by atoms with E-state index in [9.17, 15) is 4.79 Å². The summed E-state index contributed by atoms with van der Waals surface area (Å²) < 4.78 is 0. The standard InChI is InChI=1S/C15H25N3OS/c1-9-6-5-7-13(8-9)18-15(19)17-11(3)14-10(2)16-12(4)20-14/h9,11,13H,5-8H2,1-4H3,(H2,17,18,19)/t9-,11-,13-/m0/s1. The third-order valence-corrected chi connectivity index (χ3v) is 5.21. The van der Waals surface area contributed by atoms with Crippen LogP contribution in [-0.4, -0.2) is 17.1 Å². The maximum Gasteiger partial charge on any atom is 0.315 e. The second-order valence-electron chi connectivity index (χ2n) is 5.99. The second kappa shape index (κ2) is 6.57. The lowest BCUT2D eigenvalue weighted by atomic mass is 9.87. The van der Waals surface area contributed by atoms with Gasteiger partial charge >= 0.3 is 6.03 Å². The number of aryl methyl sites for hydroxylation is 2. The van der Waals surface area contributed by atoms with E-state index in [2.05, 4.69) is 22.5 Å². The molecule has 0 aliphatic heterocycles. The Morgan fingerprint density at radius 2 is 2.15 bits per heavy atom. The lowest BCUT2D eigenvalue weighted by Gasteiger charge is -2.28. The van der Waals surface area contributed by atoms with Crippen molar-refractivity contribution in [2.45, 2.75) is 65.5 Å². The summed E-state index contributed by atoms with van der Waals surface area (Å²) in [6, 6.07) is 0.291. The fourth-order valence-electron chi connectivity index (χ4n) is 3.00. The van der Waals surface area contributed by atoms with Crippen LogP contribution < -0.4 is 10.6 Å². The smallest absolute Gasteiger partial charge is 0.315 e. The zero-order chi connectivity index (χ0) is 14.7. The molecule has 20 heavy (non-hydrogen) atoms. The number of nitrogens with zero attached hydrogens (tertiary/aromatic N) is 1. The monoisotopic (exact) mass is 295 g/mol. The van der Waals surface area contributed by atoms with E-state index < -0.39 is 0 Å². The van der Waals surface area contributed by atoms with Crippen LogP contribution in [0.1, 0.15) is 61.2 Å². The number of aromatic nitrogens is 1. The number of rotatable bonds is 3. The first-order valence-corrected chi connectivity index (χ1v) is 8.28. The molecule has 2 N–H and O–H groups in total. The Balaban J connectivity index is 1.86. The topological polar surface area (TPSA) is 54.0 Å². The van der Waals surface area contributed by atoms with Crippen molar-refractivity contribution >= 4 is 17.4 Å². The Bertz CT molecular complexity index is 472. The van der Waals surface area contributed by atoms with Gasteiger partial charge in [-0.25, -0.2) is 9.78 Å². The van der Waals surface area contributed by atoms with Crippen LogP contribution in [0.25, 0.3) is 0 Å². The summed E-state index contributed by atoms with van der Waals surface area (Å²) >= 11 is 1.66. The molecule has 4 nitrogen and oxygen atoms in total. The van der Waals surface area contributed by atoms with E-state index in [1.807, 2.05) is 20.8 Å². The highest BCUT2D eigenvalue weighted by Gasteiger charge is 2.21. The first-order chi connectivity index (χ1) is 9.45.